The highest BCUT2D eigenvalue weighted by atomic mass is 32.2. The Morgan fingerprint density at radius 2 is 1.87 bits per heavy atom. The first-order chi connectivity index (χ1) is 14.4. The van der Waals surface area contributed by atoms with Crippen LogP contribution in [0, 0.1) is 6.92 Å². The first kappa shape index (κ1) is 20.2. The van der Waals surface area contributed by atoms with Crippen LogP contribution in [0.1, 0.15) is 29.3 Å². The fraction of sp³-hybridized carbons (Fsp3) is 0.273. The molecule has 0 spiro atoms. The smallest absolute Gasteiger partial charge is 0.229 e. The van der Waals surface area contributed by atoms with Gasteiger partial charge in [-0.3, -0.25) is 4.79 Å². The molecule has 1 aromatic heterocycles. The van der Waals surface area contributed by atoms with Gasteiger partial charge in [0.05, 0.1) is 35.9 Å². The third-order valence-corrected chi connectivity index (χ3v) is 6.43. The summed E-state index contributed by atoms with van der Waals surface area (Å²) >= 11 is 0. The van der Waals surface area contributed by atoms with E-state index in [1.165, 1.54) is 0 Å². The summed E-state index contributed by atoms with van der Waals surface area (Å²) in [5.41, 5.74) is 3.68. The summed E-state index contributed by atoms with van der Waals surface area (Å²) in [5.74, 6) is 0.718. The molecule has 0 bridgehead atoms. The van der Waals surface area contributed by atoms with Crippen molar-refractivity contribution in [1.29, 1.82) is 0 Å². The summed E-state index contributed by atoms with van der Waals surface area (Å²) in [6.45, 7) is 4.44. The summed E-state index contributed by atoms with van der Waals surface area (Å²) in [6.07, 6.45) is 0.160. The van der Waals surface area contributed by atoms with E-state index in [1.807, 2.05) is 62.4 Å². The third kappa shape index (κ3) is 4.09. The third-order valence-electron chi connectivity index (χ3n) is 4.99. The van der Waals surface area contributed by atoms with Gasteiger partial charge >= 0.3 is 0 Å². The Bertz CT molecular complexity index is 1200. The number of rotatable bonds is 6. The molecule has 4 rings (SSSR count). The van der Waals surface area contributed by atoms with E-state index >= 15 is 0 Å². The number of nitrogens with one attached hydrogen (secondary N) is 1. The second kappa shape index (κ2) is 7.95. The zero-order valence-corrected chi connectivity index (χ0v) is 17.7. The van der Waals surface area contributed by atoms with Crippen molar-refractivity contribution in [3.05, 3.63) is 70.9 Å². The van der Waals surface area contributed by atoms with Crippen LogP contribution in [0.15, 0.2) is 48.5 Å². The lowest BCUT2D eigenvalue weighted by Gasteiger charge is -2.13. The number of nitrogens with zero attached hydrogens (tertiary/aromatic N) is 2. The number of amides is 1. The van der Waals surface area contributed by atoms with Crippen LogP contribution in [-0.2, 0) is 32.6 Å². The number of carbonyl (C=O) groups is 1. The van der Waals surface area contributed by atoms with Crippen LogP contribution < -0.4 is 10.1 Å². The molecule has 0 unspecified atom stereocenters. The Kier molecular flexibility index (Phi) is 5.34. The quantitative estimate of drug-likeness (QED) is 0.655. The van der Waals surface area contributed by atoms with Crippen molar-refractivity contribution in [3.63, 3.8) is 0 Å². The van der Waals surface area contributed by atoms with Crippen LogP contribution in [0.2, 0.25) is 0 Å². The van der Waals surface area contributed by atoms with Crippen LogP contribution in [0.5, 0.6) is 5.75 Å². The van der Waals surface area contributed by atoms with Crippen molar-refractivity contribution in [2.24, 2.45) is 0 Å². The fourth-order valence-electron chi connectivity index (χ4n) is 3.58. The maximum atomic E-state index is 12.8. The van der Waals surface area contributed by atoms with Crippen LogP contribution in [0.25, 0.3) is 5.69 Å². The predicted octanol–water partition coefficient (Wildman–Crippen LogP) is 3.19. The number of aryl methyl sites for hydroxylation is 1. The maximum absolute atomic E-state index is 12.8. The summed E-state index contributed by atoms with van der Waals surface area (Å²) in [6, 6.07) is 15.0. The van der Waals surface area contributed by atoms with E-state index in [2.05, 4.69) is 10.4 Å². The van der Waals surface area contributed by atoms with Gasteiger partial charge in [0.15, 0.2) is 9.84 Å². The Hall–Kier alpha value is -3.13. The van der Waals surface area contributed by atoms with Crippen LogP contribution >= 0.6 is 0 Å². The largest absolute Gasteiger partial charge is 0.494 e. The summed E-state index contributed by atoms with van der Waals surface area (Å²) in [7, 11) is -3.24. The van der Waals surface area contributed by atoms with Crippen molar-refractivity contribution in [1.82, 2.24) is 9.78 Å². The van der Waals surface area contributed by atoms with E-state index in [-0.39, 0.29) is 23.8 Å². The molecule has 8 heteroatoms. The zero-order chi connectivity index (χ0) is 21.3. The maximum Gasteiger partial charge on any atom is 0.229 e. The molecular weight excluding hydrogens is 402 g/mol. The van der Waals surface area contributed by atoms with E-state index in [9.17, 15) is 13.2 Å². The van der Waals surface area contributed by atoms with Crippen molar-refractivity contribution in [2.75, 3.05) is 11.9 Å². The van der Waals surface area contributed by atoms with Gasteiger partial charge in [0.2, 0.25) is 5.91 Å². The van der Waals surface area contributed by atoms with Crippen LogP contribution in [0.3, 0.4) is 0 Å². The number of aromatic nitrogens is 2. The average Bonchev–Trinajstić information content (AvgIpc) is 3.16. The van der Waals surface area contributed by atoms with Gasteiger partial charge in [0.1, 0.15) is 11.6 Å². The van der Waals surface area contributed by atoms with Gasteiger partial charge in [-0.1, -0.05) is 30.3 Å². The molecule has 0 saturated heterocycles. The lowest BCUT2D eigenvalue weighted by atomic mass is 10.1. The molecule has 0 saturated carbocycles. The highest BCUT2D eigenvalue weighted by molar-refractivity contribution is 7.90. The standard InChI is InChI=1S/C22H23N3O4S/c1-3-29-17-10-8-16(9-11-17)12-21(26)23-22-18-13-30(27,28)14-19(18)24-25(22)20-7-5-4-6-15(20)2/h4-11H,3,12-14H2,1-2H3,(H,23,26). The lowest BCUT2D eigenvalue weighted by molar-refractivity contribution is -0.115. The van der Waals surface area contributed by atoms with Crippen LogP contribution in [-0.4, -0.2) is 30.7 Å². The molecule has 1 N–H and O–H groups in total. The zero-order valence-electron chi connectivity index (χ0n) is 16.9. The Balaban J connectivity index is 1.63. The number of fused-ring (bicyclic) bond motifs is 1. The Labute approximate surface area is 175 Å². The molecular formula is C22H23N3O4S. The number of sulfone groups is 1. The number of anilines is 1. The molecule has 1 aliphatic heterocycles. The van der Waals surface area contributed by atoms with E-state index in [1.54, 1.807) is 4.68 Å². The molecule has 1 aliphatic rings. The molecule has 7 nitrogen and oxygen atoms in total. The topological polar surface area (TPSA) is 90.3 Å². The van der Waals surface area contributed by atoms with Crippen LogP contribution in [0.4, 0.5) is 5.82 Å². The summed E-state index contributed by atoms with van der Waals surface area (Å²) < 4.78 is 31.3. The van der Waals surface area contributed by atoms with Gasteiger partial charge in [0.25, 0.3) is 0 Å². The molecule has 0 radical (unpaired) electrons. The van der Waals surface area contributed by atoms with E-state index < -0.39 is 9.84 Å². The molecule has 3 aromatic rings. The normalized spacial score (nSPS) is 14.3. The van der Waals surface area contributed by atoms with Gasteiger partial charge in [0, 0.05) is 5.56 Å². The van der Waals surface area contributed by atoms with Crippen molar-refractivity contribution in [2.45, 2.75) is 31.8 Å². The monoisotopic (exact) mass is 425 g/mol. The minimum absolute atomic E-state index is 0.108. The van der Waals surface area contributed by atoms with Gasteiger partial charge in [-0.25, -0.2) is 13.1 Å². The summed E-state index contributed by atoms with van der Waals surface area (Å²) in [4.78, 5) is 12.8. The van der Waals surface area contributed by atoms with E-state index in [0.29, 0.717) is 23.7 Å². The molecule has 2 heterocycles. The number of carbonyl (C=O) groups excluding carboxylic acids is 1. The van der Waals surface area contributed by atoms with Gasteiger partial charge in [-0.05, 0) is 43.2 Å². The van der Waals surface area contributed by atoms with Crippen molar-refractivity contribution in [3.8, 4) is 11.4 Å². The highest BCUT2D eigenvalue weighted by Crippen LogP contribution is 2.33. The first-order valence-corrected chi connectivity index (χ1v) is 11.6. The molecule has 0 fully saturated rings. The number of benzene rings is 2. The molecule has 0 atom stereocenters. The first-order valence-electron chi connectivity index (χ1n) is 9.75. The second-order valence-corrected chi connectivity index (χ2v) is 9.37. The molecule has 2 aromatic carbocycles. The molecule has 30 heavy (non-hydrogen) atoms. The van der Waals surface area contributed by atoms with E-state index in [0.717, 1.165) is 22.6 Å². The fourth-order valence-corrected chi connectivity index (χ4v) is 5.07. The van der Waals surface area contributed by atoms with Crippen molar-refractivity contribution < 1.29 is 17.9 Å². The Morgan fingerprint density at radius 1 is 1.13 bits per heavy atom. The minimum Gasteiger partial charge on any atom is -0.494 e. The lowest BCUT2D eigenvalue weighted by Crippen LogP contribution is -2.19. The highest BCUT2D eigenvalue weighted by Gasteiger charge is 2.33. The second-order valence-electron chi connectivity index (χ2n) is 7.31. The number of hydrogen-bond donors (Lipinski definition) is 1. The summed E-state index contributed by atoms with van der Waals surface area (Å²) in [5, 5.41) is 7.42. The number of hydrogen-bond acceptors (Lipinski definition) is 5. The van der Waals surface area contributed by atoms with Crippen molar-refractivity contribution >= 4 is 21.6 Å². The van der Waals surface area contributed by atoms with Gasteiger partial charge < -0.3 is 10.1 Å². The predicted molar refractivity (Wildman–Crippen MR) is 115 cm³/mol. The Morgan fingerprint density at radius 3 is 2.57 bits per heavy atom. The van der Waals surface area contributed by atoms with Gasteiger partial charge in [-0.15, -0.1) is 0 Å². The number of para-hydroxylation sites is 1. The minimum atomic E-state index is -3.24. The molecule has 156 valence electrons. The molecule has 1 amide bonds. The SMILES string of the molecule is CCOc1ccc(CC(=O)Nc2c3c(nn2-c2ccccc2C)CS(=O)(=O)C3)cc1. The van der Waals surface area contributed by atoms with Gasteiger partial charge in [-0.2, -0.15) is 5.10 Å². The average molecular weight is 426 g/mol. The molecule has 0 aliphatic carbocycles. The van der Waals surface area contributed by atoms with E-state index in [4.69, 9.17) is 4.74 Å². The number of ether oxygens (including phenoxy) is 1.